The Kier molecular flexibility index (Phi) is 6.11. The van der Waals surface area contributed by atoms with E-state index in [9.17, 15) is 9.90 Å². The number of phenols is 1. The molecule has 1 aromatic heterocycles. The summed E-state index contributed by atoms with van der Waals surface area (Å²) in [4.78, 5) is 16.6. The summed E-state index contributed by atoms with van der Waals surface area (Å²) in [7, 11) is 0. The number of aromatic nitrogens is 1. The first-order chi connectivity index (χ1) is 15.0. The minimum Gasteiger partial charge on any atom is -0.507 e. The minimum absolute atomic E-state index is 0.139. The van der Waals surface area contributed by atoms with Gasteiger partial charge >= 0.3 is 0 Å². The van der Waals surface area contributed by atoms with Crippen LogP contribution in [0.2, 0.25) is 0 Å². The van der Waals surface area contributed by atoms with Crippen LogP contribution in [-0.4, -0.2) is 21.1 Å². The van der Waals surface area contributed by atoms with Crippen molar-refractivity contribution in [3.63, 3.8) is 0 Å². The average molecular weight is 494 g/mol. The highest BCUT2D eigenvalue weighted by Gasteiger charge is 2.11. The number of thiocarbonyl (C=S) groups is 1. The van der Waals surface area contributed by atoms with E-state index in [0.717, 1.165) is 11.1 Å². The number of rotatable bonds is 4. The maximum atomic E-state index is 12.1. The number of amides is 1. The summed E-state index contributed by atoms with van der Waals surface area (Å²) < 4.78 is 6.35. The Labute approximate surface area is 191 Å². The van der Waals surface area contributed by atoms with E-state index >= 15 is 0 Å². The zero-order valence-electron chi connectivity index (χ0n) is 16.0. The average Bonchev–Trinajstić information content (AvgIpc) is 3.18. The molecule has 1 heterocycles. The highest BCUT2D eigenvalue weighted by Crippen LogP contribution is 2.31. The number of aromatic hydroxyl groups is 1. The summed E-state index contributed by atoms with van der Waals surface area (Å²) in [5, 5.41) is 15.4. The second-order valence-corrected chi connectivity index (χ2v) is 7.82. The maximum absolute atomic E-state index is 12.1. The molecule has 8 heteroatoms. The molecule has 4 aromatic rings. The van der Waals surface area contributed by atoms with Gasteiger partial charge in [0.05, 0.1) is 4.47 Å². The van der Waals surface area contributed by atoms with Gasteiger partial charge in [0.15, 0.2) is 10.7 Å². The molecule has 4 rings (SSSR count). The van der Waals surface area contributed by atoms with Crippen LogP contribution in [0.1, 0.15) is 5.56 Å². The number of carbonyl (C=O) groups excluding carboxylic acids is 1. The van der Waals surface area contributed by atoms with Crippen LogP contribution in [-0.2, 0) is 4.79 Å². The molecule has 3 aromatic carbocycles. The Bertz CT molecular complexity index is 1300. The number of anilines is 1. The Morgan fingerprint density at radius 3 is 2.68 bits per heavy atom. The van der Waals surface area contributed by atoms with E-state index in [0.29, 0.717) is 27.2 Å². The smallest absolute Gasteiger partial charge is 0.250 e. The van der Waals surface area contributed by atoms with Crippen molar-refractivity contribution in [1.82, 2.24) is 10.3 Å². The molecule has 0 atom stereocenters. The number of hydrogen-bond acceptors (Lipinski definition) is 5. The predicted molar refractivity (Wildman–Crippen MR) is 129 cm³/mol. The Morgan fingerprint density at radius 1 is 1.10 bits per heavy atom. The Morgan fingerprint density at radius 2 is 1.90 bits per heavy atom. The summed E-state index contributed by atoms with van der Waals surface area (Å²) >= 11 is 8.51. The van der Waals surface area contributed by atoms with Gasteiger partial charge in [0.1, 0.15) is 11.3 Å². The van der Waals surface area contributed by atoms with Crippen LogP contribution < -0.4 is 10.6 Å². The van der Waals surface area contributed by atoms with Gasteiger partial charge in [-0.15, -0.1) is 0 Å². The second-order valence-electron chi connectivity index (χ2n) is 6.56. The summed E-state index contributed by atoms with van der Waals surface area (Å²) in [6.45, 7) is 0. The highest BCUT2D eigenvalue weighted by atomic mass is 79.9. The molecule has 3 N–H and O–H groups in total. The molecule has 0 aliphatic rings. The molecule has 0 saturated heterocycles. The van der Waals surface area contributed by atoms with E-state index in [1.807, 2.05) is 30.3 Å². The SMILES string of the molecule is O=C(/C=C/c1ccccc1)NC(=S)Nc1ccc2oc(-c3ccc(O)c(Br)c3)nc2c1. The maximum Gasteiger partial charge on any atom is 0.250 e. The first-order valence-corrected chi connectivity index (χ1v) is 10.4. The number of fused-ring (bicyclic) bond motifs is 1. The zero-order chi connectivity index (χ0) is 21.8. The van der Waals surface area contributed by atoms with Crippen molar-refractivity contribution in [2.45, 2.75) is 0 Å². The van der Waals surface area contributed by atoms with E-state index < -0.39 is 0 Å². The number of hydrogen-bond donors (Lipinski definition) is 3. The van der Waals surface area contributed by atoms with E-state index in [-0.39, 0.29) is 16.8 Å². The van der Waals surface area contributed by atoms with Crippen LogP contribution in [0.15, 0.2) is 81.7 Å². The van der Waals surface area contributed by atoms with Crippen molar-refractivity contribution in [2.75, 3.05) is 5.32 Å². The summed E-state index contributed by atoms with van der Waals surface area (Å²) in [6.07, 6.45) is 3.13. The van der Waals surface area contributed by atoms with Crippen molar-refractivity contribution < 1.29 is 14.3 Å². The van der Waals surface area contributed by atoms with E-state index in [1.54, 1.807) is 42.5 Å². The Hall–Kier alpha value is -3.49. The quantitative estimate of drug-likeness (QED) is 0.257. The van der Waals surface area contributed by atoms with Crippen LogP contribution >= 0.6 is 28.1 Å². The standard InChI is InChI=1S/C23H16BrN3O3S/c24-17-12-15(7-9-19(17)28)22-26-18-13-16(8-10-20(18)30-22)25-23(31)27-21(29)11-6-14-4-2-1-3-5-14/h1-13,28H,(H2,25,27,29,31)/b11-6+. The van der Waals surface area contributed by atoms with Gasteiger partial charge in [-0.2, -0.15) is 0 Å². The van der Waals surface area contributed by atoms with Crippen molar-refractivity contribution in [3.8, 4) is 17.2 Å². The van der Waals surface area contributed by atoms with Gasteiger partial charge in [-0.25, -0.2) is 4.98 Å². The molecule has 1 amide bonds. The molecule has 0 spiro atoms. The lowest BCUT2D eigenvalue weighted by atomic mass is 10.2. The largest absolute Gasteiger partial charge is 0.507 e. The van der Waals surface area contributed by atoms with Crippen LogP contribution in [0.25, 0.3) is 28.6 Å². The van der Waals surface area contributed by atoms with Crippen LogP contribution in [0, 0.1) is 0 Å². The second kappa shape index (κ2) is 9.11. The van der Waals surface area contributed by atoms with Gasteiger partial charge in [-0.1, -0.05) is 30.3 Å². The highest BCUT2D eigenvalue weighted by molar-refractivity contribution is 9.10. The fraction of sp³-hybridized carbons (Fsp3) is 0. The van der Waals surface area contributed by atoms with Gasteiger partial charge in [0, 0.05) is 17.3 Å². The molecule has 154 valence electrons. The predicted octanol–water partition coefficient (Wildman–Crippen LogP) is 5.49. The molecule has 0 saturated carbocycles. The fourth-order valence-electron chi connectivity index (χ4n) is 2.82. The number of oxazole rings is 1. The number of nitrogens with one attached hydrogen (secondary N) is 2. The first-order valence-electron chi connectivity index (χ1n) is 9.22. The summed E-state index contributed by atoms with van der Waals surface area (Å²) in [5.41, 5.74) is 3.54. The van der Waals surface area contributed by atoms with Gasteiger partial charge in [0.2, 0.25) is 11.8 Å². The van der Waals surface area contributed by atoms with E-state index in [4.69, 9.17) is 16.6 Å². The van der Waals surface area contributed by atoms with Crippen LogP contribution in [0.3, 0.4) is 0 Å². The van der Waals surface area contributed by atoms with Crippen molar-refractivity contribution >= 4 is 62.0 Å². The lowest BCUT2D eigenvalue weighted by Gasteiger charge is -2.07. The number of halogens is 1. The monoisotopic (exact) mass is 493 g/mol. The molecule has 0 bridgehead atoms. The van der Waals surface area contributed by atoms with Crippen LogP contribution in [0.5, 0.6) is 5.75 Å². The van der Waals surface area contributed by atoms with Crippen molar-refractivity contribution in [1.29, 1.82) is 0 Å². The minimum atomic E-state index is -0.330. The molecular weight excluding hydrogens is 478 g/mol. The zero-order valence-corrected chi connectivity index (χ0v) is 18.4. The molecule has 0 aliphatic carbocycles. The summed E-state index contributed by atoms with van der Waals surface area (Å²) in [6, 6.07) is 19.8. The first kappa shape index (κ1) is 20.8. The third-order valence-corrected chi connectivity index (χ3v) is 5.14. The molecule has 0 aliphatic heterocycles. The van der Waals surface area contributed by atoms with E-state index in [2.05, 4.69) is 31.5 Å². The molecule has 0 fully saturated rings. The van der Waals surface area contributed by atoms with Gasteiger partial charge < -0.3 is 14.8 Å². The van der Waals surface area contributed by atoms with Gasteiger partial charge in [-0.3, -0.25) is 10.1 Å². The van der Waals surface area contributed by atoms with Crippen LogP contribution in [0.4, 0.5) is 5.69 Å². The molecule has 0 unspecified atom stereocenters. The summed E-state index contributed by atoms with van der Waals surface area (Å²) in [5.74, 6) is 0.236. The van der Waals surface area contributed by atoms with Gasteiger partial charge in [-0.05, 0) is 76.2 Å². The third-order valence-electron chi connectivity index (χ3n) is 4.30. The third kappa shape index (κ3) is 5.17. The van der Waals surface area contributed by atoms with Gasteiger partial charge in [0.25, 0.3) is 0 Å². The topological polar surface area (TPSA) is 87.4 Å². The normalized spacial score (nSPS) is 11.0. The lowest BCUT2D eigenvalue weighted by Crippen LogP contribution is -2.32. The van der Waals surface area contributed by atoms with Crippen molar-refractivity contribution in [3.05, 3.63) is 82.8 Å². The number of nitrogens with zero attached hydrogens (tertiary/aromatic N) is 1. The Balaban J connectivity index is 1.43. The van der Waals surface area contributed by atoms with E-state index in [1.165, 1.54) is 6.08 Å². The lowest BCUT2D eigenvalue weighted by molar-refractivity contribution is -0.115. The van der Waals surface area contributed by atoms with Crippen molar-refractivity contribution in [2.24, 2.45) is 0 Å². The molecule has 0 radical (unpaired) electrons. The molecule has 6 nitrogen and oxygen atoms in total. The number of carbonyl (C=O) groups is 1. The number of phenolic OH excluding ortho intramolecular Hbond substituents is 1. The molecule has 31 heavy (non-hydrogen) atoms. The fourth-order valence-corrected chi connectivity index (χ4v) is 3.42. The number of benzene rings is 3. The molecular formula is C23H16BrN3O3S.